The van der Waals surface area contributed by atoms with E-state index in [0.29, 0.717) is 12.2 Å². The molecular weight excluding hydrogens is 250 g/mol. The van der Waals surface area contributed by atoms with Crippen LogP contribution < -0.4 is 4.90 Å². The van der Waals surface area contributed by atoms with Crippen molar-refractivity contribution in [1.29, 1.82) is 0 Å². The summed E-state index contributed by atoms with van der Waals surface area (Å²) in [7, 11) is 2.09. The molecule has 0 spiro atoms. The Labute approximate surface area is 122 Å². The summed E-state index contributed by atoms with van der Waals surface area (Å²) in [5.74, 6) is -0.232. The number of hydrogen-bond acceptors (Lipinski definition) is 3. The minimum atomic E-state index is -0.232. The summed E-state index contributed by atoms with van der Waals surface area (Å²) in [5, 5.41) is 0. The van der Waals surface area contributed by atoms with Gasteiger partial charge in [-0.25, -0.2) is 4.79 Å². The molecule has 0 unspecified atom stereocenters. The van der Waals surface area contributed by atoms with Crippen molar-refractivity contribution >= 4 is 11.7 Å². The number of nitrogens with zero attached hydrogens (tertiary/aromatic N) is 1. The lowest BCUT2D eigenvalue weighted by molar-refractivity contribution is 0.0505. The number of unbranched alkanes of at least 4 members (excludes halogenated alkanes) is 3. The van der Waals surface area contributed by atoms with Gasteiger partial charge in [-0.15, -0.1) is 0 Å². The first-order valence-electron chi connectivity index (χ1n) is 7.67. The van der Waals surface area contributed by atoms with Crippen molar-refractivity contribution in [2.24, 2.45) is 0 Å². The standard InChI is InChI=1S/C17H27NO2/c1-4-6-7-8-13-18(3)16-11-9-15(10-12-16)17(19)20-14-5-2/h9-12H,4-8,13-14H2,1-3H3. The third kappa shape index (κ3) is 5.64. The molecule has 20 heavy (non-hydrogen) atoms. The molecule has 3 heteroatoms. The van der Waals surface area contributed by atoms with Crippen LogP contribution in [0.4, 0.5) is 5.69 Å². The number of anilines is 1. The van der Waals surface area contributed by atoms with Gasteiger partial charge in [0.1, 0.15) is 0 Å². The van der Waals surface area contributed by atoms with Crippen LogP contribution in [0.5, 0.6) is 0 Å². The normalized spacial score (nSPS) is 10.3. The van der Waals surface area contributed by atoms with Crippen LogP contribution in [0.1, 0.15) is 56.3 Å². The van der Waals surface area contributed by atoms with Gasteiger partial charge < -0.3 is 9.64 Å². The molecule has 0 saturated heterocycles. The van der Waals surface area contributed by atoms with Gasteiger partial charge in [-0.1, -0.05) is 33.1 Å². The minimum Gasteiger partial charge on any atom is -0.462 e. The average Bonchev–Trinajstić information content (AvgIpc) is 2.49. The van der Waals surface area contributed by atoms with Crippen molar-refractivity contribution in [1.82, 2.24) is 0 Å². The van der Waals surface area contributed by atoms with Crippen LogP contribution in [0, 0.1) is 0 Å². The smallest absolute Gasteiger partial charge is 0.338 e. The van der Waals surface area contributed by atoms with Crippen LogP contribution >= 0.6 is 0 Å². The average molecular weight is 277 g/mol. The molecule has 112 valence electrons. The Hall–Kier alpha value is -1.51. The van der Waals surface area contributed by atoms with Gasteiger partial charge in [-0.05, 0) is 37.1 Å². The van der Waals surface area contributed by atoms with E-state index in [1.54, 1.807) is 0 Å². The lowest BCUT2D eigenvalue weighted by Gasteiger charge is -2.19. The Kier molecular flexibility index (Phi) is 7.78. The molecular formula is C17H27NO2. The molecule has 0 heterocycles. The van der Waals surface area contributed by atoms with Crippen LogP contribution in [0.3, 0.4) is 0 Å². The van der Waals surface area contributed by atoms with Gasteiger partial charge >= 0.3 is 5.97 Å². The van der Waals surface area contributed by atoms with Crippen LogP contribution in [0.25, 0.3) is 0 Å². The fourth-order valence-corrected chi connectivity index (χ4v) is 2.03. The molecule has 0 amide bonds. The van der Waals surface area contributed by atoms with E-state index in [2.05, 4.69) is 18.9 Å². The van der Waals surface area contributed by atoms with Crippen molar-refractivity contribution in [3.05, 3.63) is 29.8 Å². The van der Waals surface area contributed by atoms with E-state index >= 15 is 0 Å². The van der Waals surface area contributed by atoms with Gasteiger partial charge in [-0.3, -0.25) is 0 Å². The molecule has 1 aromatic carbocycles. The van der Waals surface area contributed by atoms with E-state index in [4.69, 9.17) is 4.74 Å². The molecule has 0 atom stereocenters. The quantitative estimate of drug-likeness (QED) is 0.498. The zero-order chi connectivity index (χ0) is 14.8. The van der Waals surface area contributed by atoms with E-state index in [0.717, 1.165) is 18.7 Å². The highest BCUT2D eigenvalue weighted by atomic mass is 16.5. The maximum Gasteiger partial charge on any atom is 0.338 e. The molecule has 0 N–H and O–H groups in total. The first-order valence-corrected chi connectivity index (χ1v) is 7.67. The zero-order valence-corrected chi connectivity index (χ0v) is 13.0. The van der Waals surface area contributed by atoms with E-state index in [-0.39, 0.29) is 5.97 Å². The summed E-state index contributed by atoms with van der Waals surface area (Å²) in [5.41, 5.74) is 1.77. The van der Waals surface area contributed by atoms with Gasteiger partial charge in [0, 0.05) is 19.3 Å². The fraction of sp³-hybridized carbons (Fsp3) is 0.588. The van der Waals surface area contributed by atoms with E-state index in [1.807, 2.05) is 31.2 Å². The summed E-state index contributed by atoms with van der Waals surface area (Å²) >= 11 is 0. The first-order chi connectivity index (χ1) is 9.69. The minimum absolute atomic E-state index is 0.232. The second-order valence-electron chi connectivity index (χ2n) is 5.17. The summed E-state index contributed by atoms with van der Waals surface area (Å²) in [6.07, 6.45) is 5.91. The third-order valence-electron chi connectivity index (χ3n) is 3.33. The molecule has 1 rings (SSSR count). The van der Waals surface area contributed by atoms with Crippen molar-refractivity contribution in [3.8, 4) is 0 Å². The van der Waals surface area contributed by atoms with Gasteiger partial charge in [0.05, 0.1) is 12.2 Å². The second-order valence-corrected chi connectivity index (χ2v) is 5.17. The molecule has 0 aliphatic rings. The number of carbonyl (C=O) groups is 1. The van der Waals surface area contributed by atoms with Crippen molar-refractivity contribution in [3.63, 3.8) is 0 Å². The topological polar surface area (TPSA) is 29.5 Å². The Bertz CT molecular complexity index is 386. The maximum atomic E-state index is 11.7. The SMILES string of the molecule is CCCCCCN(C)c1ccc(C(=O)OCCC)cc1. The zero-order valence-electron chi connectivity index (χ0n) is 13.0. The predicted molar refractivity (Wildman–Crippen MR) is 84.4 cm³/mol. The Morgan fingerprint density at radius 2 is 1.75 bits per heavy atom. The summed E-state index contributed by atoms with van der Waals surface area (Å²) in [6.45, 7) is 5.75. The molecule has 0 aliphatic carbocycles. The molecule has 3 nitrogen and oxygen atoms in total. The number of rotatable bonds is 9. The monoisotopic (exact) mass is 277 g/mol. The van der Waals surface area contributed by atoms with Gasteiger partial charge in [0.2, 0.25) is 0 Å². The Morgan fingerprint density at radius 1 is 1.05 bits per heavy atom. The predicted octanol–water partition coefficient (Wildman–Crippen LogP) is 4.27. The van der Waals surface area contributed by atoms with Gasteiger partial charge in [0.25, 0.3) is 0 Å². The van der Waals surface area contributed by atoms with Crippen LogP contribution in [-0.4, -0.2) is 26.2 Å². The highest BCUT2D eigenvalue weighted by molar-refractivity contribution is 5.89. The van der Waals surface area contributed by atoms with E-state index in [9.17, 15) is 4.79 Å². The number of hydrogen-bond donors (Lipinski definition) is 0. The summed E-state index contributed by atoms with van der Waals surface area (Å²) in [4.78, 5) is 13.9. The van der Waals surface area contributed by atoms with E-state index < -0.39 is 0 Å². The van der Waals surface area contributed by atoms with Gasteiger partial charge in [-0.2, -0.15) is 0 Å². The van der Waals surface area contributed by atoms with Crippen molar-refractivity contribution in [2.45, 2.75) is 46.0 Å². The van der Waals surface area contributed by atoms with Crippen molar-refractivity contribution < 1.29 is 9.53 Å². The molecule has 0 bridgehead atoms. The number of benzene rings is 1. The van der Waals surface area contributed by atoms with Crippen molar-refractivity contribution in [2.75, 3.05) is 25.1 Å². The van der Waals surface area contributed by atoms with Crippen LogP contribution in [0.15, 0.2) is 24.3 Å². The first kappa shape index (κ1) is 16.5. The van der Waals surface area contributed by atoms with Gasteiger partial charge in [0.15, 0.2) is 0 Å². The Morgan fingerprint density at radius 3 is 2.35 bits per heavy atom. The largest absolute Gasteiger partial charge is 0.462 e. The second kappa shape index (κ2) is 9.40. The number of esters is 1. The lowest BCUT2D eigenvalue weighted by atomic mass is 10.1. The number of ether oxygens (including phenoxy) is 1. The fourth-order valence-electron chi connectivity index (χ4n) is 2.03. The summed E-state index contributed by atoms with van der Waals surface area (Å²) < 4.78 is 5.12. The Balaban J connectivity index is 2.46. The molecule has 1 aromatic rings. The highest BCUT2D eigenvalue weighted by Gasteiger charge is 2.07. The molecule has 0 radical (unpaired) electrons. The van der Waals surface area contributed by atoms with Crippen LogP contribution in [0.2, 0.25) is 0 Å². The maximum absolute atomic E-state index is 11.7. The molecule has 0 aromatic heterocycles. The molecule has 0 saturated carbocycles. The highest BCUT2D eigenvalue weighted by Crippen LogP contribution is 2.15. The number of carbonyl (C=O) groups excluding carboxylic acids is 1. The summed E-state index contributed by atoms with van der Waals surface area (Å²) in [6, 6.07) is 7.66. The molecule has 0 fully saturated rings. The molecule has 0 aliphatic heterocycles. The lowest BCUT2D eigenvalue weighted by Crippen LogP contribution is -2.18. The van der Waals surface area contributed by atoms with Crippen LogP contribution in [-0.2, 0) is 4.74 Å². The third-order valence-corrected chi connectivity index (χ3v) is 3.33. The van der Waals surface area contributed by atoms with E-state index in [1.165, 1.54) is 25.7 Å².